The molecule has 0 aliphatic carbocycles. The van der Waals surface area contributed by atoms with Crippen molar-refractivity contribution >= 4 is 46.3 Å². The maximum atomic E-state index is 13.8. The number of nitrogens with one attached hydrogen (secondary N) is 1. The third-order valence-corrected chi connectivity index (χ3v) is 9.64. The summed E-state index contributed by atoms with van der Waals surface area (Å²) < 4.78 is 21.1. The standard InChI is InChI=1S/C34H30FN7O5S2/c1-3-47-25-15-13-24(14-16-25)40-31(19-36-33(44)26-6-4-7-28(21(26)2)42(45)46)37-38-34(40)49-20-32(43)41-29(22-9-11-23(35)12-10-22)18-27(39-41)30-8-5-17-48-30/h4-17,29H,3,18-20H2,1-2H3,(H,36,44)/t29-/m0/s1. The molecular formula is C34H30FN7O5S2. The smallest absolute Gasteiger partial charge is 0.273 e. The monoisotopic (exact) mass is 699 g/mol. The van der Waals surface area contributed by atoms with Crippen molar-refractivity contribution < 1.29 is 23.6 Å². The zero-order chi connectivity index (χ0) is 34.5. The number of hydrazone groups is 1. The van der Waals surface area contributed by atoms with E-state index in [0.717, 1.165) is 27.9 Å². The highest BCUT2D eigenvalue weighted by atomic mass is 32.2. The molecule has 0 bridgehead atoms. The molecule has 0 saturated carbocycles. The van der Waals surface area contributed by atoms with Crippen molar-refractivity contribution in [2.45, 2.75) is 38.0 Å². The van der Waals surface area contributed by atoms with Crippen LogP contribution in [0.4, 0.5) is 10.1 Å². The minimum absolute atomic E-state index is 0.0344. The van der Waals surface area contributed by atoms with E-state index < -0.39 is 16.9 Å². The normalized spacial score (nSPS) is 14.1. The quantitative estimate of drug-likeness (QED) is 0.0885. The molecule has 2 amide bonds. The number of halogens is 1. The number of aromatic nitrogens is 3. The van der Waals surface area contributed by atoms with E-state index in [0.29, 0.717) is 35.4 Å². The number of ether oxygens (including phenoxy) is 1. The van der Waals surface area contributed by atoms with Crippen LogP contribution in [-0.4, -0.2) is 54.6 Å². The number of carbonyl (C=O) groups excluding carboxylic acids is 2. The third-order valence-electron chi connectivity index (χ3n) is 7.81. The first-order valence-corrected chi connectivity index (χ1v) is 17.1. The van der Waals surface area contributed by atoms with Crippen molar-refractivity contribution in [3.63, 3.8) is 0 Å². The summed E-state index contributed by atoms with van der Waals surface area (Å²) in [6, 6.07) is 21.1. The van der Waals surface area contributed by atoms with Gasteiger partial charge >= 0.3 is 0 Å². The van der Waals surface area contributed by atoms with Crippen molar-refractivity contribution in [2.75, 3.05) is 12.4 Å². The SMILES string of the molecule is CCOc1ccc(-n2c(CNC(=O)c3cccc([N+](=O)[O-])c3C)nnc2SCC(=O)N2N=C(c3cccs3)C[C@H]2c2ccc(F)cc2)cc1. The first-order chi connectivity index (χ1) is 23.7. The number of carbonyl (C=O) groups is 2. The largest absolute Gasteiger partial charge is 0.494 e. The van der Waals surface area contributed by atoms with Crippen LogP contribution >= 0.6 is 23.1 Å². The van der Waals surface area contributed by atoms with Gasteiger partial charge < -0.3 is 10.1 Å². The van der Waals surface area contributed by atoms with Crippen LogP contribution in [0, 0.1) is 22.9 Å². The Morgan fingerprint density at radius 2 is 1.86 bits per heavy atom. The van der Waals surface area contributed by atoms with Gasteiger partial charge in [-0.05, 0) is 73.3 Å². The lowest BCUT2D eigenvalue weighted by molar-refractivity contribution is -0.385. The van der Waals surface area contributed by atoms with Gasteiger partial charge in [0.15, 0.2) is 11.0 Å². The van der Waals surface area contributed by atoms with Crippen molar-refractivity contribution in [3.05, 3.63) is 128 Å². The summed E-state index contributed by atoms with van der Waals surface area (Å²) in [5, 5.41) is 31.4. The fourth-order valence-electron chi connectivity index (χ4n) is 5.42. The second kappa shape index (κ2) is 14.8. The molecule has 49 heavy (non-hydrogen) atoms. The molecule has 1 aliphatic rings. The lowest BCUT2D eigenvalue weighted by Crippen LogP contribution is -2.28. The van der Waals surface area contributed by atoms with Crippen molar-refractivity contribution in [1.29, 1.82) is 0 Å². The number of rotatable bonds is 12. The van der Waals surface area contributed by atoms with E-state index in [-0.39, 0.29) is 40.8 Å². The summed E-state index contributed by atoms with van der Waals surface area (Å²) in [5.74, 6) is -0.141. The summed E-state index contributed by atoms with van der Waals surface area (Å²) in [6.07, 6.45) is 0.485. The Labute approximate surface area is 288 Å². The van der Waals surface area contributed by atoms with E-state index >= 15 is 0 Å². The van der Waals surface area contributed by atoms with Crippen molar-refractivity contribution in [1.82, 2.24) is 25.1 Å². The molecule has 5 aromatic rings. The van der Waals surface area contributed by atoms with Gasteiger partial charge in [-0.25, -0.2) is 9.40 Å². The predicted molar refractivity (Wildman–Crippen MR) is 184 cm³/mol. The van der Waals surface area contributed by atoms with Crippen LogP contribution < -0.4 is 10.1 Å². The molecule has 1 atom stereocenters. The molecule has 0 unspecified atom stereocenters. The molecule has 6 rings (SSSR count). The van der Waals surface area contributed by atoms with E-state index in [1.165, 1.54) is 53.6 Å². The molecule has 0 saturated heterocycles. The molecule has 3 aromatic carbocycles. The van der Waals surface area contributed by atoms with E-state index in [2.05, 4.69) is 15.5 Å². The van der Waals surface area contributed by atoms with Gasteiger partial charge in [-0.1, -0.05) is 36.0 Å². The van der Waals surface area contributed by atoms with Crippen LogP contribution in [-0.2, 0) is 11.3 Å². The Kier molecular flexibility index (Phi) is 10.1. The van der Waals surface area contributed by atoms with Gasteiger partial charge in [-0.3, -0.25) is 24.3 Å². The maximum Gasteiger partial charge on any atom is 0.273 e. The average Bonchev–Trinajstić information content (AvgIpc) is 3.88. The van der Waals surface area contributed by atoms with Gasteiger partial charge in [0, 0.05) is 29.3 Å². The summed E-state index contributed by atoms with van der Waals surface area (Å²) in [5.41, 5.74) is 2.48. The number of nitrogens with zero attached hydrogens (tertiary/aromatic N) is 6. The number of nitro groups is 1. The summed E-state index contributed by atoms with van der Waals surface area (Å²) in [7, 11) is 0. The topological polar surface area (TPSA) is 145 Å². The molecule has 0 radical (unpaired) electrons. The van der Waals surface area contributed by atoms with Crippen LogP contribution in [0.3, 0.4) is 0 Å². The lowest BCUT2D eigenvalue weighted by Gasteiger charge is -2.22. The average molecular weight is 700 g/mol. The summed E-state index contributed by atoms with van der Waals surface area (Å²) in [6.45, 7) is 3.85. The number of benzene rings is 3. The zero-order valence-electron chi connectivity index (χ0n) is 26.4. The van der Waals surface area contributed by atoms with E-state index in [9.17, 15) is 24.1 Å². The number of thiophene rings is 1. The highest BCUT2D eigenvalue weighted by molar-refractivity contribution is 7.99. The van der Waals surface area contributed by atoms with Crippen molar-refractivity contribution in [3.8, 4) is 11.4 Å². The minimum Gasteiger partial charge on any atom is -0.494 e. The van der Waals surface area contributed by atoms with E-state index in [4.69, 9.17) is 9.84 Å². The number of thioether (sulfide) groups is 1. The molecule has 1 aliphatic heterocycles. The maximum absolute atomic E-state index is 13.8. The second-order valence-corrected chi connectivity index (χ2v) is 12.8. The molecule has 12 nitrogen and oxygen atoms in total. The van der Waals surface area contributed by atoms with Gasteiger partial charge in [0.1, 0.15) is 11.6 Å². The van der Waals surface area contributed by atoms with Crippen LogP contribution in [0.15, 0.2) is 94.5 Å². The van der Waals surface area contributed by atoms with Gasteiger partial charge in [-0.15, -0.1) is 21.5 Å². The summed E-state index contributed by atoms with van der Waals surface area (Å²) >= 11 is 2.69. The van der Waals surface area contributed by atoms with Crippen LogP contribution in [0.2, 0.25) is 0 Å². The first-order valence-electron chi connectivity index (χ1n) is 15.2. The van der Waals surface area contributed by atoms with Crippen molar-refractivity contribution in [2.24, 2.45) is 5.10 Å². The zero-order valence-corrected chi connectivity index (χ0v) is 28.0. The van der Waals surface area contributed by atoms with Crippen LogP contribution in [0.1, 0.15) is 51.6 Å². The highest BCUT2D eigenvalue weighted by Crippen LogP contribution is 2.35. The van der Waals surface area contributed by atoms with Crippen LogP contribution in [0.5, 0.6) is 5.75 Å². The Morgan fingerprint density at radius 3 is 2.55 bits per heavy atom. The van der Waals surface area contributed by atoms with Gasteiger partial charge in [0.25, 0.3) is 17.5 Å². The first kappa shape index (κ1) is 33.5. The lowest BCUT2D eigenvalue weighted by atomic mass is 10.0. The Hall–Kier alpha value is -5.41. The number of hydrogen-bond acceptors (Lipinski definition) is 10. The fourth-order valence-corrected chi connectivity index (χ4v) is 6.96. The molecule has 15 heteroatoms. The molecule has 0 fully saturated rings. The predicted octanol–water partition coefficient (Wildman–Crippen LogP) is 6.48. The Morgan fingerprint density at radius 1 is 1.08 bits per heavy atom. The molecular weight excluding hydrogens is 670 g/mol. The molecule has 2 aromatic heterocycles. The molecule has 1 N–H and O–H groups in total. The van der Waals surface area contributed by atoms with Gasteiger partial charge in [-0.2, -0.15) is 5.10 Å². The Bertz CT molecular complexity index is 2020. The molecule has 0 spiro atoms. The van der Waals surface area contributed by atoms with E-state index in [1.807, 2.05) is 36.6 Å². The van der Waals surface area contributed by atoms with Gasteiger partial charge in [0.05, 0.1) is 40.5 Å². The number of nitro benzene ring substituents is 1. The highest BCUT2D eigenvalue weighted by Gasteiger charge is 2.34. The molecule has 250 valence electrons. The minimum atomic E-state index is -0.530. The summed E-state index contributed by atoms with van der Waals surface area (Å²) in [4.78, 5) is 38.7. The number of amides is 2. The second-order valence-electron chi connectivity index (χ2n) is 10.9. The van der Waals surface area contributed by atoms with Crippen LogP contribution in [0.25, 0.3) is 5.69 Å². The fraction of sp³-hybridized carbons (Fsp3) is 0.206. The van der Waals surface area contributed by atoms with Gasteiger partial charge in [0.2, 0.25) is 0 Å². The van der Waals surface area contributed by atoms with E-state index in [1.54, 1.807) is 28.8 Å². The Balaban J connectivity index is 1.25. The third kappa shape index (κ3) is 7.37. The molecule has 3 heterocycles. The number of hydrogen-bond donors (Lipinski definition) is 1.